The molecule has 4 rings (SSSR count). The van der Waals surface area contributed by atoms with Crippen molar-refractivity contribution in [3.8, 4) is 11.3 Å². The number of amides is 1. The molecular weight excluding hydrogens is 422 g/mol. The fourth-order valence-corrected chi connectivity index (χ4v) is 4.60. The van der Waals surface area contributed by atoms with Gasteiger partial charge in [-0.3, -0.25) is 9.78 Å². The third-order valence-electron chi connectivity index (χ3n) is 6.84. The van der Waals surface area contributed by atoms with Gasteiger partial charge in [-0.2, -0.15) is 0 Å². The monoisotopic (exact) mass is 452 g/mol. The fourth-order valence-electron chi connectivity index (χ4n) is 4.60. The lowest BCUT2D eigenvalue weighted by atomic mass is 9.74. The van der Waals surface area contributed by atoms with Crippen molar-refractivity contribution >= 4 is 17.7 Å². The number of hydrogen-bond donors (Lipinski definition) is 2. The van der Waals surface area contributed by atoms with Gasteiger partial charge in [-0.25, -0.2) is 8.78 Å². The number of allylic oxidation sites excluding steroid dienone is 1. The summed E-state index contributed by atoms with van der Waals surface area (Å²) in [7, 11) is 1.79. The van der Waals surface area contributed by atoms with Gasteiger partial charge in [-0.1, -0.05) is 25.1 Å². The zero-order valence-electron chi connectivity index (χ0n) is 19.3. The molecule has 0 bridgehead atoms. The van der Waals surface area contributed by atoms with Gasteiger partial charge in [-0.05, 0) is 42.9 Å². The molecule has 1 aromatic heterocycles. The van der Waals surface area contributed by atoms with E-state index in [9.17, 15) is 13.6 Å². The molecule has 1 fully saturated rings. The molecule has 174 valence electrons. The highest BCUT2D eigenvalue weighted by Crippen LogP contribution is 2.43. The Balaban J connectivity index is 1.60. The minimum Gasteiger partial charge on any atom is -0.390 e. The highest BCUT2D eigenvalue weighted by atomic mass is 19.3. The average molecular weight is 453 g/mol. The molecule has 1 aromatic carbocycles. The van der Waals surface area contributed by atoms with E-state index < -0.39 is 5.92 Å². The van der Waals surface area contributed by atoms with Crippen LogP contribution in [0.4, 0.5) is 8.78 Å². The van der Waals surface area contributed by atoms with Crippen molar-refractivity contribution in [2.45, 2.75) is 52.0 Å². The number of carbonyl (C=O) groups excluding carboxylic acids is 1. The lowest BCUT2D eigenvalue weighted by Crippen LogP contribution is -2.37. The van der Waals surface area contributed by atoms with Crippen LogP contribution >= 0.6 is 0 Å². The van der Waals surface area contributed by atoms with E-state index in [4.69, 9.17) is 10.4 Å². The SMILES string of the molecule is Cc1ccc(/C(C=N)=C/NCC2(C)CCC(F)(F)CC2)c(-c2ccc3c(c2)C(=O)N(C)C3)n1. The molecule has 2 heterocycles. The number of nitrogens with zero attached hydrogens (tertiary/aromatic N) is 2. The Bertz CT molecular complexity index is 1120. The number of benzene rings is 1. The first-order valence-electron chi connectivity index (χ1n) is 11.3. The first kappa shape index (κ1) is 23.1. The van der Waals surface area contributed by atoms with Gasteiger partial charge in [0.25, 0.3) is 5.91 Å². The maximum Gasteiger partial charge on any atom is 0.254 e. The molecule has 7 heteroatoms. The Morgan fingerprint density at radius 3 is 2.64 bits per heavy atom. The molecule has 0 spiro atoms. The van der Waals surface area contributed by atoms with Gasteiger partial charge in [0.15, 0.2) is 0 Å². The van der Waals surface area contributed by atoms with Crippen LogP contribution in [0.3, 0.4) is 0 Å². The smallest absolute Gasteiger partial charge is 0.254 e. The minimum atomic E-state index is -2.55. The summed E-state index contributed by atoms with van der Waals surface area (Å²) in [5, 5.41) is 11.3. The van der Waals surface area contributed by atoms with Gasteiger partial charge in [0, 0.05) is 73.4 Å². The molecule has 1 saturated carbocycles. The molecule has 2 aromatic rings. The van der Waals surface area contributed by atoms with E-state index in [1.807, 2.05) is 44.2 Å². The fraction of sp³-hybridized carbons (Fsp3) is 0.423. The third-order valence-corrected chi connectivity index (χ3v) is 6.84. The molecule has 0 saturated heterocycles. The van der Waals surface area contributed by atoms with E-state index in [0.29, 0.717) is 42.8 Å². The second kappa shape index (κ2) is 8.69. The lowest BCUT2D eigenvalue weighted by Gasteiger charge is -2.37. The largest absolute Gasteiger partial charge is 0.390 e. The highest BCUT2D eigenvalue weighted by Gasteiger charge is 2.40. The number of pyridine rings is 1. The predicted molar refractivity (Wildman–Crippen MR) is 126 cm³/mol. The summed E-state index contributed by atoms with van der Waals surface area (Å²) in [5.74, 6) is -2.55. The van der Waals surface area contributed by atoms with Crippen molar-refractivity contribution in [2.75, 3.05) is 13.6 Å². The van der Waals surface area contributed by atoms with Crippen LogP contribution in [0, 0.1) is 17.7 Å². The van der Waals surface area contributed by atoms with Crippen LogP contribution in [-0.2, 0) is 6.54 Å². The van der Waals surface area contributed by atoms with E-state index in [-0.39, 0.29) is 24.2 Å². The van der Waals surface area contributed by atoms with Crippen molar-refractivity contribution in [1.82, 2.24) is 15.2 Å². The summed E-state index contributed by atoms with van der Waals surface area (Å²) in [6, 6.07) is 9.64. The van der Waals surface area contributed by atoms with Gasteiger partial charge >= 0.3 is 0 Å². The van der Waals surface area contributed by atoms with Crippen LogP contribution in [0.5, 0.6) is 0 Å². The molecule has 1 aliphatic heterocycles. The number of nitrogens with one attached hydrogen (secondary N) is 2. The van der Waals surface area contributed by atoms with Crippen molar-refractivity contribution in [3.63, 3.8) is 0 Å². The molecule has 2 aliphatic rings. The number of halogens is 2. The van der Waals surface area contributed by atoms with Crippen LogP contribution in [0.1, 0.15) is 59.8 Å². The van der Waals surface area contributed by atoms with Gasteiger partial charge in [0.2, 0.25) is 5.92 Å². The number of carbonyl (C=O) groups is 1. The van der Waals surface area contributed by atoms with Crippen molar-refractivity contribution in [2.24, 2.45) is 5.41 Å². The molecule has 5 nitrogen and oxygen atoms in total. The van der Waals surface area contributed by atoms with Crippen LogP contribution in [0.2, 0.25) is 0 Å². The maximum atomic E-state index is 13.5. The first-order valence-corrected chi connectivity index (χ1v) is 11.3. The predicted octanol–water partition coefficient (Wildman–Crippen LogP) is 5.44. The van der Waals surface area contributed by atoms with Crippen LogP contribution in [-0.4, -0.2) is 41.5 Å². The van der Waals surface area contributed by atoms with E-state index in [1.54, 1.807) is 18.1 Å². The Morgan fingerprint density at radius 2 is 1.94 bits per heavy atom. The molecular formula is C26H30F2N4O. The topological polar surface area (TPSA) is 69.1 Å². The summed E-state index contributed by atoms with van der Waals surface area (Å²) in [5.41, 5.74) is 5.28. The number of aryl methyl sites for hydroxylation is 1. The summed E-state index contributed by atoms with van der Waals surface area (Å²) in [6.45, 7) is 5.10. The highest BCUT2D eigenvalue weighted by molar-refractivity contribution is 6.10. The summed E-state index contributed by atoms with van der Waals surface area (Å²) in [6.07, 6.45) is 3.82. The summed E-state index contributed by atoms with van der Waals surface area (Å²) in [4.78, 5) is 18.9. The van der Waals surface area contributed by atoms with Gasteiger partial charge < -0.3 is 15.6 Å². The third kappa shape index (κ3) is 4.82. The molecule has 0 atom stereocenters. The second-order valence-corrected chi connectivity index (χ2v) is 9.67. The van der Waals surface area contributed by atoms with Crippen molar-refractivity contribution < 1.29 is 13.6 Å². The summed E-state index contributed by atoms with van der Waals surface area (Å²) < 4.78 is 27.1. The minimum absolute atomic E-state index is 0.00292. The molecule has 0 unspecified atom stereocenters. The van der Waals surface area contributed by atoms with Gasteiger partial charge in [0.05, 0.1) is 5.69 Å². The zero-order chi connectivity index (χ0) is 23.8. The number of fused-ring (bicyclic) bond motifs is 1. The molecule has 1 amide bonds. The second-order valence-electron chi connectivity index (χ2n) is 9.67. The normalized spacial score (nSPS) is 19.4. The van der Waals surface area contributed by atoms with Crippen LogP contribution in [0.15, 0.2) is 36.5 Å². The Labute approximate surface area is 193 Å². The lowest BCUT2D eigenvalue weighted by molar-refractivity contribution is -0.0625. The zero-order valence-corrected chi connectivity index (χ0v) is 19.3. The van der Waals surface area contributed by atoms with E-state index in [2.05, 4.69) is 5.32 Å². The quantitative estimate of drug-likeness (QED) is 0.574. The number of alkyl halides is 2. The van der Waals surface area contributed by atoms with Crippen molar-refractivity contribution in [3.05, 3.63) is 58.9 Å². The maximum absolute atomic E-state index is 13.5. The van der Waals surface area contributed by atoms with E-state index in [1.165, 1.54) is 6.21 Å². The molecule has 33 heavy (non-hydrogen) atoms. The number of hydrogen-bond acceptors (Lipinski definition) is 4. The first-order chi connectivity index (χ1) is 15.6. The van der Waals surface area contributed by atoms with E-state index >= 15 is 0 Å². The van der Waals surface area contributed by atoms with Crippen molar-refractivity contribution in [1.29, 1.82) is 5.41 Å². The molecule has 0 radical (unpaired) electrons. The van der Waals surface area contributed by atoms with E-state index in [0.717, 1.165) is 22.4 Å². The average Bonchev–Trinajstić information content (AvgIpc) is 3.07. The number of aromatic nitrogens is 1. The molecule has 2 N–H and O–H groups in total. The van der Waals surface area contributed by atoms with Gasteiger partial charge in [0.1, 0.15) is 0 Å². The van der Waals surface area contributed by atoms with Crippen LogP contribution < -0.4 is 5.32 Å². The Kier molecular flexibility index (Phi) is 6.08. The van der Waals surface area contributed by atoms with Gasteiger partial charge in [-0.15, -0.1) is 0 Å². The Morgan fingerprint density at radius 1 is 1.21 bits per heavy atom. The molecule has 1 aliphatic carbocycles. The standard InChI is InChI=1S/C26H30F2N4O/c1-17-4-7-21(20(13-29)14-30-16-25(2)8-10-26(27,28)11-9-25)23(31-17)18-5-6-19-15-32(3)24(33)22(19)12-18/h4-7,12-14,29-30H,8-11,15-16H2,1-3H3/b20-14+,29-13?. The number of rotatable bonds is 6. The summed E-state index contributed by atoms with van der Waals surface area (Å²) >= 11 is 0. The Hall–Kier alpha value is -3.09. The van der Waals surface area contributed by atoms with Crippen LogP contribution in [0.25, 0.3) is 16.8 Å².